The second kappa shape index (κ2) is 12.0. The molecule has 0 atom stereocenters. The lowest BCUT2D eigenvalue weighted by Crippen LogP contribution is -2.41. The van der Waals surface area contributed by atoms with Crippen molar-refractivity contribution >= 4 is 28.4 Å². The number of anilines is 1. The molecule has 0 spiro atoms. The van der Waals surface area contributed by atoms with E-state index in [-0.39, 0.29) is 19.0 Å². The van der Waals surface area contributed by atoms with Crippen LogP contribution in [0.3, 0.4) is 0 Å². The standard InChI is InChI=1S/C26H32N4O5/c1-18(2)16-27-23(31)10-6-7-15-29-25(33)21-8-4-5-9-22(21)30(26(29)34)17-24(32)28-19-11-13-20(35-3)14-12-19/h4-5,8-9,11-14,18H,6-7,10,15-17H2,1-3H3,(H,27,31)(H,28,32). The molecule has 2 N–H and O–H groups in total. The molecule has 2 aromatic carbocycles. The molecule has 0 radical (unpaired) electrons. The van der Waals surface area contributed by atoms with E-state index in [9.17, 15) is 19.2 Å². The Bertz CT molecular complexity index is 1290. The Morgan fingerprint density at radius 3 is 2.34 bits per heavy atom. The van der Waals surface area contributed by atoms with E-state index < -0.39 is 17.2 Å². The minimum Gasteiger partial charge on any atom is -0.497 e. The van der Waals surface area contributed by atoms with Gasteiger partial charge in [-0.2, -0.15) is 0 Å². The first-order valence-electron chi connectivity index (χ1n) is 11.7. The van der Waals surface area contributed by atoms with E-state index in [0.717, 1.165) is 4.57 Å². The number of carbonyl (C=O) groups is 2. The quantitative estimate of drug-likeness (QED) is 0.410. The summed E-state index contributed by atoms with van der Waals surface area (Å²) >= 11 is 0. The van der Waals surface area contributed by atoms with Crippen LogP contribution in [-0.4, -0.2) is 34.6 Å². The summed E-state index contributed by atoms with van der Waals surface area (Å²) < 4.78 is 7.58. The van der Waals surface area contributed by atoms with Crippen LogP contribution >= 0.6 is 0 Å². The first kappa shape index (κ1) is 25.7. The third-order valence-electron chi connectivity index (χ3n) is 5.55. The number of ether oxygens (including phenoxy) is 1. The van der Waals surface area contributed by atoms with E-state index in [4.69, 9.17) is 4.74 Å². The highest BCUT2D eigenvalue weighted by Gasteiger charge is 2.15. The molecule has 0 fully saturated rings. The Kier molecular flexibility index (Phi) is 8.83. The summed E-state index contributed by atoms with van der Waals surface area (Å²) in [7, 11) is 1.56. The normalized spacial score (nSPS) is 11.0. The van der Waals surface area contributed by atoms with Gasteiger partial charge in [0.2, 0.25) is 11.8 Å². The lowest BCUT2D eigenvalue weighted by atomic mass is 10.2. The Morgan fingerprint density at radius 2 is 1.66 bits per heavy atom. The first-order chi connectivity index (χ1) is 16.8. The maximum atomic E-state index is 13.2. The van der Waals surface area contributed by atoms with Crippen molar-refractivity contribution in [2.24, 2.45) is 5.92 Å². The number of hydrogen-bond donors (Lipinski definition) is 2. The predicted octanol–water partition coefficient (Wildman–Crippen LogP) is 2.75. The van der Waals surface area contributed by atoms with E-state index in [1.165, 1.54) is 4.57 Å². The van der Waals surface area contributed by atoms with Gasteiger partial charge >= 0.3 is 5.69 Å². The SMILES string of the molecule is COc1ccc(NC(=O)Cn2c(=O)n(CCCCC(=O)NCC(C)C)c(=O)c3ccccc32)cc1. The van der Waals surface area contributed by atoms with Gasteiger partial charge in [-0.15, -0.1) is 0 Å². The third kappa shape index (κ3) is 6.81. The van der Waals surface area contributed by atoms with Crippen molar-refractivity contribution in [1.29, 1.82) is 0 Å². The minimum atomic E-state index is -0.553. The highest BCUT2D eigenvalue weighted by molar-refractivity contribution is 5.91. The van der Waals surface area contributed by atoms with Gasteiger partial charge in [-0.25, -0.2) is 4.79 Å². The van der Waals surface area contributed by atoms with E-state index >= 15 is 0 Å². The largest absolute Gasteiger partial charge is 0.497 e. The fraction of sp³-hybridized carbons (Fsp3) is 0.385. The van der Waals surface area contributed by atoms with Gasteiger partial charge < -0.3 is 15.4 Å². The van der Waals surface area contributed by atoms with Gasteiger partial charge in [0.1, 0.15) is 12.3 Å². The number of amides is 2. The van der Waals surface area contributed by atoms with Crippen molar-refractivity contribution in [3.8, 4) is 5.75 Å². The molecule has 3 aromatic rings. The molecule has 0 saturated carbocycles. The van der Waals surface area contributed by atoms with Gasteiger partial charge in [0.05, 0.1) is 18.0 Å². The molecule has 3 rings (SSSR count). The number of hydrogen-bond acceptors (Lipinski definition) is 5. The average molecular weight is 481 g/mol. The van der Waals surface area contributed by atoms with E-state index in [2.05, 4.69) is 10.6 Å². The van der Waals surface area contributed by atoms with Crippen LogP contribution in [0, 0.1) is 5.92 Å². The number of rotatable bonds is 11. The number of nitrogens with one attached hydrogen (secondary N) is 2. The van der Waals surface area contributed by atoms with Gasteiger partial charge in [-0.3, -0.25) is 23.5 Å². The minimum absolute atomic E-state index is 0.0443. The van der Waals surface area contributed by atoms with Crippen LogP contribution < -0.4 is 26.6 Å². The Balaban J connectivity index is 1.76. The monoisotopic (exact) mass is 480 g/mol. The molecule has 0 unspecified atom stereocenters. The van der Waals surface area contributed by atoms with Gasteiger partial charge in [-0.1, -0.05) is 26.0 Å². The highest BCUT2D eigenvalue weighted by atomic mass is 16.5. The number of methoxy groups -OCH3 is 1. The van der Waals surface area contributed by atoms with Crippen LogP contribution in [0.4, 0.5) is 5.69 Å². The number of carbonyl (C=O) groups excluding carboxylic acids is 2. The molecule has 35 heavy (non-hydrogen) atoms. The smallest absolute Gasteiger partial charge is 0.331 e. The topological polar surface area (TPSA) is 111 Å². The maximum absolute atomic E-state index is 13.2. The lowest BCUT2D eigenvalue weighted by Gasteiger charge is -2.14. The summed E-state index contributed by atoms with van der Waals surface area (Å²) in [5.41, 5.74) is 0.0124. The number of benzene rings is 2. The predicted molar refractivity (Wildman–Crippen MR) is 136 cm³/mol. The summed E-state index contributed by atoms with van der Waals surface area (Å²) in [6, 6.07) is 13.6. The van der Waals surface area contributed by atoms with Crippen molar-refractivity contribution < 1.29 is 14.3 Å². The molecule has 9 heteroatoms. The van der Waals surface area contributed by atoms with Gasteiger partial charge in [-0.05, 0) is 55.2 Å². The molecular formula is C26H32N4O5. The van der Waals surface area contributed by atoms with Gasteiger partial charge in [0.25, 0.3) is 5.56 Å². The summed E-state index contributed by atoms with van der Waals surface area (Å²) in [5, 5.41) is 5.99. The molecule has 0 saturated heterocycles. The Hall–Kier alpha value is -3.88. The van der Waals surface area contributed by atoms with Crippen LogP contribution in [-0.2, 0) is 22.7 Å². The molecule has 9 nitrogen and oxygen atoms in total. The van der Waals surface area contributed by atoms with Crippen molar-refractivity contribution in [3.63, 3.8) is 0 Å². The third-order valence-corrected chi connectivity index (χ3v) is 5.55. The first-order valence-corrected chi connectivity index (χ1v) is 11.7. The molecule has 0 aliphatic carbocycles. The van der Waals surface area contributed by atoms with Crippen LogP contribution in [0.1, 0.15) is 33.1 Å². The lowest BCUT2D eigenvalue weighted by molar-refractivity contribution is -0.121. The second-order valence-corrected chi connectivity index (χ2v) is 8.77. The second-order valence-electron chi connectivity index (χ2n) is 8.77. The van der Waals surface area contributed by atoms with Crippen LogP contribution in [0.5, 0.6) is 5.75 Å². The number of aromatic nitrogens is 2. The van der Waals surface area contributed by atoms with Crippen molar-refractivity contribution in [3.05, 3.63) is 69.4 Å². The molecule has 2 amide bonds. The van der Waals surface area contributed by atoms with Crippen molar-refractivity contribution in [2.75, 3.05) is 19.0 Å². The summed E-state index contributed by atoms with van der Waals surface area (Å²) in [4.78, 5) is 50.9. The Morgan fingerprint density at radius 1 is 0.943 bits per heavy atom. The molecule has 1 aromatic heterocycles. The zero-order chi connectivity index (χ0) is 25.4. The summed E-state index contributed by atoms with van der Waals surface area (Å²) in [6.45, 7) is 4.58. The maximum Gasteiger partial charge on any atom is 0.331 e. The van der Waals surface area contributed by atoms with Gasteiger partial charge in [0, 0.05) is 25.2 Å². The van der Waals surface area contributed by atoms with Crippen molar-refractivity contribution in [1.82, 2.24) is 14.5 Å². The fourth-order valence-electron chi connectivity index (χ4n) is 3.70. The molecule has 0 bridgehead atoms. The summed E-state index contributed by atoms with van der Waals surface area (Å²) in [5.74, 6) is 0.594. The molecule has 186 valence electrons. The summed E-state index contributed by atoms with van der Waals surface area (Å²) in [6.07, 6.45) is 1.36. The molecular weight excluding hydrogens is 448 g/mol. The van der Waals surface area contributed by atoms with E-state index in [1.54, 1.807) is 55.6 Å². The average Bonchev–Trinajstić information content (AvgIpc) is 2.85. The molecule has 0 aliphatic rings. The van der Waals surface area contributed by atoms with Crippen LogP contribution in [0.25, 0.3) is 10.9 Å². The Labute approximate surface area is 203 Å². The number of fused-ring (bicyclic) bond motifs is 1. The molecule has 0 aliphatic heterocycles. The van der Waals surface area contributed by atoms with Crippen LogP contribution in [0.2, 0.25) is 0 Å². The highest BCUT2D eigenvalue weighted by Crippen LogP contribution is 2.15. The zero-order valence-electron chi connectivity index (χ0n) is 20.4. The fourth-order valence-corrected chi connectivity index (χ4v) is 3.70. The number of nitrogens with zero attached hydrogens (tertiary/aromatic N) is 2. The van der Waals surface area contributed by atoms with E-state index in [1.807, 2.05) is 13.8 Å². The van der Waals surface area contributed by atoms with Crippen LogP contribution in [0.15, 0.2) is 58.1 Å². The zero-order valence-corrected chi connectivity index (χ0v) is 20.4. The molecule has 1 heterocycles. The van der Waals surface area contributed by atoms with Crippen molar-refractivity contribution in [2.45, 2.75) is 46.2 Å². The van der Waals surface area contributed by atoms with E-state index in [0.29, 0.717) is 54.1 Å². The number of unbranched alkanes of at least 4 members (excludes halogenated alkanes) is 1. The number of para-hydroxylation sites is 1. The van der Waals surface area contributed by atoms with Gasteiger partial charge in [0.15, 0.2) is 0 Å².